The number of urea groups is 1. The molecule has 21 heavy (non-hydrogen) atoms. The Labute approximate surface area is 127 Å². The minimum atomic E-state index is 0.106. The Morgan fingerprint density at radius 2 is 1.90 bits per heavy atom. The average molecular weight is 291 g/mol. The lowest BCUT2D eigenvalue weighted by molar-refractivity contribution is 0.120. The van der Waals surface area contributed by atoms with Crippen LogP contribution in [0.15, 0.2) is 18.2 Å². The smallest absolute Gasteiger partial charge is 0.319 e. The van der Waals surface area contributed by atoms with Gasteiger partial charge < -0.3 is 14.5 Å². The maximum absolute atomic E-state index is 11.9. The second-order valence-corrected chi connectivity index (χ2v) is 5.74. The summed E-state index contributed by atoms with van der Waals surface area (Å²) < 4.78 is 5.29. The van der Waals surface area contributed by atoms with Crippen molar-refractivity contribution in [3.05, 3.63) is 29.3 Å². The Hall–Kier alpha value is -1.75. The number of aryl methyl sites for hydroxylation is 1. The highest BCUT2D eigenvalue weighted by atomic mass is 16.5. The van der Waals surface area contributed by atoms with Crippen molar-refractivity contribution in [1.82, 2.24) is 14.7 Å². The van der Waals surface area contributed by atoms with Crippen LogP contribution in [0.4, 0.5) is 4.79 Å². The first kappa shape index (κ1) is 15.6. The third-order valence-corrected chi connectivity index (χ3v) is 3.89. The van der Waals surface area contributed by atoms with E-state index in [4.69, 9.17) is 4.74 Å². The van der Waals surface area contributed by atoms with Crippen LogP contribution >= 0.6 is 0 Å². The molecule has 5 nitrogen and oxygen atoms in total. The van der Waals surface area contributed by atoms with Crippen LogP contribution in [0, 0.1) is 6.92 Å². The second-order valence-electron chi connectivity index (χ2n) is 5.74. The first-order chi connectivity index (χ1) is 10.0. The van der Waals surface area contributed by atoms with Crippen molar-refractivity contribution in [1.29, 1.82) is 0 Å². The maximum Gasteiger partial charge on any atom is 0.319 e. The molecule has 0 radical (unpaired) electrons. The second kappa shape index (κ2) is 6.80. The zero-order valence-corrected chi connectivity index (χ0v) is 13.4. The SMILES string of the molecule is COc1ccc(CN2CCN(C(=O)N(C)C)CC2)cc1C. The van der Waals surface area contributed by atoms with E-state index in [-0.39, 0.29) is 6.03 Å². The molecule has 1 saturated heterocycles. The number of benzene rings is 1. The van der Waals surface area contributed by atoms with Gasteiger partial charge in [0.1, 0.15) is 5.75 Å². The molecule has 1 aliphatic rings. The van der Waals surface area contributed by atoms with Gasteiger partial charge in [-0.15, -0.1) is 0 Å². The molecule has 1 aromatic carbocycles. The Morgan fingerprint density at radius 1 is 1.24 bits per heavy atom. The average Bonchev–Trinajstić information content (AvgIpc) is 2.47. The van der Waals surface area contributed by atoms with Gasteiger partial charge in [-0.2, -0.15) is 0 Å². The number of hydrogen-bond acceptors (Lipinski definition) is 3. The number of methoxy groups -OCH3 is 1. The van der Waals surface area contributed by atoms with E-state index in [9.17, 15) is 4.79 Å². The van der Waals surface area contributed by atoms with Crippen LogP contribution in [0.1, 0.15) is 11.1 Å². The number of nitrogens with zero attached hydrogens (tertiary/aromatic N) is 3. The zero-order valence-electron chi connectivity index (χ0n) is 13.4. The van der Waals surface area contributed by atoms with E-state index in [1.165, 1.54) is 5.56 Å². The molecule has 1 heterocycles. The first-order valence-corrected chi connectivity index (χ1v) is 7.33. The van der Waals surface area contributed by atoms with Crippen LogP contribution in [-0.4, -0.2) is 68.1 Å². The van der Waals surface area contributed by atoms with Crippen molar-refractivity contribution in [2.45, 2.75) is 13.5 Å². The molecule has 0 atom stereocenters. The summed E-state index contributed by atoms with van der Waals surface area (Å²) in [5.41, 5.74) is 2.46. The topological polar surface area (TPSA) is 36.0 Å². The summed E-state index contributed by atoms with van der Waals surface area (Å²) in [6.45, 7) is 6.43. The van der Waals surface area contributed by atoms with Crippen LogP contribution in [0.3, 0.4) is 0 Å². The Kier molecular flexibility index (Phi) is 5.07. The lowest BCUT2D eigenvalue weighted by Crippen LogP contribution is -2.51. The molecule has 0 aromatic heterocycles. The number of ether oxygens (including phenoxy) is 1. The van der Waals surface area contributed by atoms with E-state index in [1.807, 2.05) is 11.0 Å². The number of amides is 2. The fraction of sp³-hybridized carbons (Fsp3) is 0.562. The molecule has 1 fully saturated rings. The molecule has 2 amide bonds. The van der Waals surface area contributed by atoms with Crippen molar-refractivity contribution in [2.24, 2.45) is 0 Å². The summed E-state index contributed by atoms with van der Waals surface area (Å²) in [4.78, 5) is 17.8. The Bertz CT molecular complexity index is 494. The molecule has 1 aromatic rings. The first-order valence-electron chi connectivity index (χ1n) is 7.33. The summed E-state index contributed by atoms with van der Waals surface area (Å²) in [7, 11) is 5.30. The van der Waals surface area contributed by atoms with Gasteiger partial charge in [0.2, 0.25) is 0 Å². The molecule has 0 saturated carbocycles. The number of hydrogen-bond donors (Lipinski definition) is 0. The molecular weight excluding hydrogens is 266 g/mol. The number of carbonyl (C=O) groups is 1. The van der Waals surface area contributed by atoms with Gasteiger partial charge >= 0.3 is 6.03 Å². The quantitative estimate of drug-likeness (QED) is 0.852. The summed E-state index contributed by atoms with van der Waals surface area (Å²) in [5, 5.41) is 0. The largest absolute Gasteiger partial charge is 0.496 e. The number of piperazine rings is 1. The highest BCUT2D eigenvalue weighted by Crippen LogP contribution is 2.19. The molecule has 0 bridgehead atoms. The van der Waals surface area contributed by atoms with Gasteiger partial charge in [0.05, 0.1) is 7.11 Å². The van der Waals surface area contributed by atoms with E-state index in [0.717, 1.165) is 44.0 Å². The molecule has 0 spiro atoms. The normalized spacial score (nSPS) is 15.9. The number of carbonyl (C=O) groups excluding carboxylic acids is 1. The van der Waals surface area contributed by atoms with E-state index < -0.39 is 0 Å². The number of rotatable bonds is 3. The van der Waals surface area contributed by atoms with Gasteiger partial charge in [-0.1, -0.05) is 12.1 Å². The fourth-order valence-corrected chi connectivity index (χ4v) is 2.68. The predicted molar refractivity (Wildman–Crippen MR) is 83.7 cm³/mol. The minimum absolute atomic E-state index is 0.106. The van der Waals surface area contributed by atoms with Crippen molar-refractivity contribution in [3.8, 4) is 5.75 Å². The summed E-state index contributed by atoms with van der Waals surface area (Å²) >= 11 is 0. The summed E-state index contributed by atoms with van der Waals surface area (Å²) in [6.07, 6.45) is 0. The molecule has 0 N–H and O–H groups in total. The van der Waals surface area contributed by atoms with Crippen molar-refractivity contribution < 1.29 is 9.53 Å². The molecule has 5 heteroatoms. The van der Waals surface area contributed by atoms with Crippen LogP contribution < -0.4 is 4.74 Å². The maximum atomic E-state index is 11.9. The molecule has 2 rings (SSSR count). The van der Waals surface area contributed by atoms with Gasteiger partial charge in [-0.25, -0.2) is 4.79 Å². The Morgan fingerprint density at radius 3 is 2.43 bits per heavy atom. The molecule has 0 unspecified atom stereocenters. The standard InChI is InChI=1S/C16H25N3O2/c1-13-11-14(5-6-15(13)21-4)12-18-7-9-19(10-8-18)16(20)17(2)3/h5-6,11H,7-10,12H2,1-4H3. The van der Waals surface area contributed by atoms with E-state index in [1.54, 1.807) is 26.1 Å². The van der Waals surface area contributed by atoms with Crippen molar-refractivity contribution in [3.63, 3.8) is 0 Å². The lowest BCUT2D eigenvalue weighted by atomic mass is 10.1. The third-order valence-electron chi connectivity index (χ3n) is 3.89. The molecule has 0 aliphatic carbocycles. The summed E-state index contributed by atoms with van der Waals surface area (Å²) in [6, 6.07) is 6.42. The highest BCUT2D eigenvalue weighted by molar-refractivity contribution is 5.73. The third kappa shape index (κ3) is 3.88. The lowest BCUT2D eigenvalue weighted by Gasteiger charge is -2.36. The van der Waals surface area contributed by atoms with Crippen LogP contribution in [0.25, 0.3) is 0 Å². The van der Waals surface area contributed by atoms with Gasteiger partial charge in [0, 0.05) is 46.8 Å². The molecule has 1 aliphatic heterocycles. The van der Waals surface area contributed by atoms with Gasteiger partial charge in [0.25, 0.3) is 0 Å². The van der Waals surface area contributed by atoms with E-state index in [0.29, 0.717) is 0 Å². The van der Waals surface area contributed by atoms with Crippen molar-refractivity contribution in [2.75, 3.05) is 47.4 Å². The zero-order chi connectivity index (χ0) is 15.4. The fourth-order valence-electron chi connectivity index (χ4n) is 2.68. The van der Waals surface area contributed by atoms with E-state index >= 15 is 0 Å². The van der Waals surface area contributed by atoms with Gasteiger partial charge in [0.15, 0.2) is 0 Å². The van der Waals surface area contributed by atoms with Gasteiger partial charge in [-0.3, -0.25) is 4.90 Å². The minimum Gasteiger partial charge on any atom is -0.496 e. The highest BCUT2D eigenvalue weighted by Gasteiger charge is 2.22. The predicted octanol–water partition coefficient (Wildman–Crippen LogP) is 1.80. The van der Waals surface area contributed by atoms with E-state index in [2.05, 4.69) is 24.0 Å². The molecular formula is C16H25N3O2. The van der Waals surface area contributed by atoms with Gasteiger partial charge in [-0.05, 0) is 24.1 Å². The van der Waals surface area contributed by atoms with Crippen LogP contribution in [-0.2, 0) is 6.54 Å². The summed E-state index contributed by atoms with van der Waals surface area (Å²) in [5.74, 6) is 0.931. The Balaban J connectivity index is 1.89. The van der Waals surface area contributed by atoms with Crippen LogP contribution in [0.2, 0.25) is 0 Å². The monoisotopic (exact) mass is 291 g/mol. The molecule has 116 valence electrons. The van der Waals surface area contributed by atoms with Crippen molar-refractivity contribution >= 4 is 6.03 Å². The van der Waals surface area contributed by atoms with Crippen LogP contribution in [0.5, 0.6) is 5.75 Å².